The zero-order valence-electron chi connectivity index (χ0n) is 7.58. The maximum atomic E-state index is 11.1. The molecule has 0 aromatic heterocycles. The molecule has 0 spiro atoms. The van der Waals surface area contributed by atoms with Crippen LogP contribution < -0.4 is 5.32 Å². The Balaban J connectivity index is 2.39. The highest BCUT2D eigenvalue weighted by Gasteiger charge is 2.44. The molecule has 0 heterocycles. The average molecular weight is 176 g/mol. The third-order valence-electron chi connectivity index (χ3n) is 1.88. The van der Waals surface area contributed by atoms with Crippen molar-refractivity contribution >= 4 is 5.91 Å². The fourth-order valence-electron chi connectivity index (χ4n) is 0.921. The van der Waals surface area contributed by atoms with Crippen LogP contribution >= 0.6 is 0 Å². The van der Waals surface area contributed by atoms with Crippen LogP contribution in [0.5, 0.6) is 0 Å². The van der Waals surface area contributed by atoms with Gasteiger partial charge in [0, 0.05) is 6.08 Å². The molecule has 0 unspecified atom stereocenters. The summed E-state index contributed by atoms with van der Waals surface area (Å²) in [7, 11) is 0. The molecule has 13 heavy (non-hydrogen) atoms. The van der Waals surface area contributed by atoms with Crippen LogP contribution in [0.15, 0.2) is 24.3 Å². The van der Waals surface area contributed by atoms with Crippen LogP contribution in [-0.2, 0) is 4.79 Å². The van der Waals surface area contributed by atoms with Crippen molar-refractivity contribution in [2.45, 2.75) is 25.3 Å². The number of nitriles is 1. The highest BCUT2D eigenvalue weighted by atomic mass is 16.1. The van der Waals surface area contributed by atoms with E-state index in [2.05, 4.69) is 11.4 Å². The number of nitrogens with one attached hydrogen (secondary N) is 1. The summed E-state index contributed by atoms with van der Waals surface area (Å²) in [6.45, 7) is 1.87. The first kappa shape index (κ1) is 9.53. The fraction of sp³-hybridized carbons (Fsp3) is 0.400. The summed E-state index contributed by atoms with van der Waals surface area (Å²) < 4.78 is 0. The molecule has 1 rings (SSSR count). The molecule has 1 amide bonds. The van der Waals surface area contributed by atoms with Crippen LogP contribution in [0.4, 0.5) is 0 Å². The molecule has 1 saturated carbocycles. The van der Waals surface area contributed by atoms with Crippen molar-refractivity contribution in [1.29, 1.82) is 5.26 Å². The fourth-order valence-corrected chi connectivity index (χ4v) is 0.921. The molecule has 1 N–H and O–H groups in total. The molecular weight excluding hydrogens is 164 g/mol. The Hall–Kier alpha value is -1.56. The lowest BCUT2D eigenvalue weighted by Crippen LogP contribution is -2.34. The van der Waals surface area contributed by atoms with Gasteiger partial charge in [0.05, 0.1) is 6.07 Å². The summed E-state index contributed by atoms with van der Waals surface area (Å²) in [6, 6.07) is 2.09. The zero-order chi connectivity index (χ0) is 9.73. The highest BCUT2D eigenvalue weighted by Crippen LogP contribution is 2.34. The quantitative estimate of drug-likeness (QED) is 0.520. The predicted octanol–water partition coefficient (Wildman–Crippen LogP) is 1.29. The van der Waals surface area contributed by atoms with Gasteiger partial charge in [-0.1, -0.05) is 18.2 Å². The van der Waals surface area contributed by atoms with Gasteiger partial charge in [0.25, 0.3) is 0 Å². The van der Waals surface area contributed by atoms with E-state index in [4.69, 9.17) is 5.26 Å². The van der Waals surface area contributed by atoms with E-state index in [1.807, 2.05) is 13.0 Å². The van der Waals surface area contributed by atoms with Crippen LogP contribution in [0.25, 0.3) is 0 Å². The number of hydrogen-bond acceptors (Lipinski definition) is 2. The Kier molecular flexibility index (Phi) is 2.86. The molecule has 0 atom stereocenters. The van der Waals surface area contributed by atoms with Crippen LogP contribution in [0, 0.1) is 11.3 Å². The second-order valence-corrected chi connectivity index (χ2v) is 3.07. The van der Waals surface area contributed by atoms with E-state index in [9.17, 15) is 4.79 Å². The molecule has 0 bridgehead atoms. The second kappa shape index (κ2) is 3.90. The molecule has 3 heteroatoms. The maximum absolute atomic E-state index is 11.1. The number of hydrogen-bond donors (Lipinski definition) is 1. The topological polar surface area (TPSA) is 52.9 Å². The second-order valence-electron chi connectivity index (χ2n) is 3.07. The van der Waals surface area contributed by atoms with E-state index < -0.39 is 5.54 Å². The molecule has 0 saturated heterocycles. The third-order valence-corrected chi connectivity index (χ3v) is 1.88. The van der Waals surface area contributed by atoms with E-state index >= 15 is 0 Å². The molecule has 0 aliphatic heterocycles. The summed E-state index contributed by atoms with van der Waals surface area (Å²) in [6.07, 6.45) is 8.23. The minimum Gasteiger partial charge on any atom is -0.334 e. The molecular formula is C10H12N2O. The minimum atomic E-state index is -0.558. The van der Waals surface area contributed by atoms with E-state index in [-0.39, 0.29) is 5.91 Å². The monoisotopic (exact) mass is 176 g/mol. The van der Waals surface area contributed by atoms with Gasteiger partial charge in [0.1, 0.15) is 5.54 Å². The lowest BCUT2D eigenvalue weighted by Gasteiger charge is -2.04. The molecule has 1 fully saturated rings. The van der Waals surface area contributed by atoms with Gasteiger partial charge in [-0.2, -0.15) is 5.26 Å². The number of nitrogens with zero attached hydrogens (tertiary/aromatic N) is 1. The molecule has 1 aliphatic carbocycles. The van der Waals surface area contributed by atoms with Crippen molar-refractivity contribution in [3.8, 4) is 6.07 Å². The smallest absolute Gasteiger partial charge is 0.245 e. The molecule has 68 valence electrons. The van der Waals surface area contributed by atoms with Gasteiger partial charge in [-0.05, 0) is 19.8 Å². The van der Waals surface area contributed by atoms with Gasteiger partial charge >= 0.3 is 0 Å². The molecule has 3 nitrogen and oxygen atoms in total. The average Bonchev–Trinajstić information content (AvgIpc) is 2.86. The highest BCUT2D eigenvalue weighted by molar-refractivity contribution is 5.89. The van der Waals surface area contributed by atoms with Gasteiger partial charge in [-0.3, -0.25) is 4.79 Å². The van der Waals surface area contributed by atoms with Gasteiger partial charge in [0.15, 0.2) is 0 Å². The van der Waals surface area contributed by atoms with Crippen molar-refractivity contribution < 1.29 is 4.79 Å². The summed E-state index contributed by atoms with van der Waals surface area (Å²) in [5.74, 6) is -0.197. The van der Waals surface area contributed by atoms with Crippen LogP contribution in [0.2, 0.25) is 0 Å². The van der Waals surface area contributed by atoms with Crippen molar-refractivity contribution in [3.05, 3.63) is 24.3 Å². The number of amides is 1. The van der Waals surface area contributed by atoms with E-state index in [1.54, 1.807) is 12.2 Å². The minimum absolute atomic E-state index is 0.197. The maximum Gasteiger partial charge on any atom is 0.245 e. The summed E-state index contributed by atoms with van der Waals surface area (Å²) in [4.78, 5) is 11.1. The van der Waals surface area contributed by atoms with Gasteiger partial charge in [-0.15, -0.1) is 0 Å². The molecule has 0 aromatic rings. The lowest BCUT2D eigenvalue weighted by atomic mass is 10.3. The SMILES string of the molecule is C/C=C/C=C/C(=O)NC1(C#N)CC1. The van der Waals surface area contributed by atoms with Crippen LogP contribution in [-0.4, -0.2) is 11.4 Å². The largest absolute Gasteiger partial charge is 0.334 e. The van der Waals surface area contributed by atoms with Crippen LogP contribution in [0.1, 0.15) is 19.8 Å². The Bertz CT molecular complexity index is 293. The molecule has 0 aromatic carbocycles. The van der Waals surface area contributed by atoms with E-state index in [1.165, 1.54) is 6.08 Å². The number of carbonyl (C=O) groups excluding carboxylic acids is 1. The Morgan fingerprint density at radius 2 is 2.23 bits per heavy atom. The normalized spacial score (nSPS) is 18.8. The van der Waals surface area contributed by atoms with Crippen LogP contribution in [0.3, 0.4) is 0 Å². The van der Waals surface area contributed by atoms with Gasteiger partial charge in [0.2, 0.25) is 5.91 Å². The summed E-state index contributed by atoms with van der Waals surface area (Å²) in [5.41, 5.74) is -0.558. The summed E-state index contributed by atoms with van der Waals surface area (Å²) in [5, 5.41) is 11.3. The Labute approximate surface area is 77.7 Å². The van der Waals surface area contributed by atoms with Gasteiger partial charge in [-0.25, -0.2) is 0 Å². The number of rotatable bonds is 3. The van der Waals surface area contributed by atoms with Crippen molar-refractivity contribution in [2.75, 3.05) is 0 Å². The predicted molar refractivity (Wildman–Crippen MR) is 49.7 cm³/mol. The summed E-state index contributed by atoms with van der Waals surface area (Å²) >= 11 is 0. The first-order valence-electron chi connectivity index (χ1n) is 4.25. The van der Waals surface area contributed by atoms with E-state index in [0.717, 1.165) is 12.8 Å². The Morgan fingerprint density at radius 3 is 2.69 bits per heavy atom. The van der Waals surface area contributed by atoms with E-state index in [0.29, 0.717) is 0 Å². The third kappa shape index (κ3) is 2.75. The number of allylic oxidation sites excluding steroid dienone is 3. The number of carbonyl (C=O) groups is 1. The van der Waals surface area contributed by atoms with Crippen molar-refractivity contribution in [3.63, 3.8) is 0 Å². The first-order chi connectivity index (χ1) is 6.22. The first-order valence-corrected chi connectivity index (χ1v) is 4.25. The van der Waals surface area contributed by atoms with Gasteiger partial charge < -0.3 is 5.32 Å². The zero-order valence-corrected chi connectivity index (χ0v) is 7.58. The molecule has 0 radical (unpaired) electrons. The lowest BCUT2D eigenvalue weighted by molar-refractivity contribution is -0.117. The van der Waals surface area contributed by atoms with Crippen molar-refractivity contribution in [2.24, 2.45) is 0 Å². The Morgan fingerprint density at radius 1 is 1.54 bits per heavy atom. The van der Waals surface area contributed by atoms with Crippen molar-refractivity contribution in [1.82, 2.24) is 5.32 Å². The standard InChI is InChI=1S/C10H12N2O/c1-2-3-4-5-9(13)12-10(8-11)6-7-10/h2-5H,6-7H2,1H3,(H,12,13)/b3-2+,5-4+. The molecule has 1 aliphatic rings.